The first kappa shape index (κ1) is 67.7. The van der Waals surface area contributed by atoms with Crippen molar-refractivity contribution in [3.63, 3.8) is 0 Å². The predicted octanol–water partition coefficient (Wildman–Crippen LogP) is 12.2. The van der Waals surface area contributed by atoms with Crippen LogP contribution in [0.3, 0.4) is 0 Å². The summed E-state index contributed by atoms with van der Waals surface area (Å²) in [6.45, 7) is 11.3. The van der Waals surface area contributed by atoms with Crippen LogP contribution in [-0.4, -0.2) is 76.2 Å². The number of aromatic nitrogens is 6. The van der Waals surface area contributed by atoms with E-state index in [1.165, 1.54) is 31.1 Å². The van der Waals surface area contributed by atoms with Crippen LogP contribution in [0.5, 0.6) is 34.9 Å². The maximum absolute atomic E-state index is 12.5. The molecule has 23 nitrogen and oxygen atoms in total. The fourth-order valence-electron chi connectivity index (χ4n) is 6.92. The maximum Gasteiger partial charge on any atom is 0.407 e. The monoisotopic (exact) mass is 1210 g/mol. The van der Waals surface area contributed by atoms with Gasteiger partial charge in [0, 0.05) is 52.9 Å². The molecule has 9 rings (SSSR count). The Morgan fingerprint density at radius 3 is 1.12 bits per heavy atom. The number of rotatable bonds is 16. The Bertz CT molecular complexity index is 3690. The molecule has 3 heterocycles. The first-order valence-electron chi connectivity index (χ1n) is 26.8. The van der Waals surface area contributed by atoms with E-state index in [4.69, 9.17) is 40.3 Å². The molecule has 3 aromatic heterocycles. The molecule has 88 heavy (non-hydrogen) atoms. The van der Waals surface area contributed by atoms with E-state index < -0.39 is 29.4 Å². The van der Waals surface area contributed by atoms with Crippen LogP contribution in [0.25, 0.3) is 0 Å². The number of carbonyl (C=O) groups is 5. The van der Waals surface area contributed by atoms with Crippen molar-refractivity contribution in [2.45, 2.75) is 72.4 Å². The van der Waals surface area contributed by atoms with Gasteiger partial charge in [-0.1, -0.05) is 72.8 Å². The molecular formula is C64H67ClN12O11. The number of nitrogens with zero attached hydrogens (tertiary/aromatic N) is 6. The molecule has 0 radical (unpaired) electrons. The Morgan fingerprint density at radius 2 is 0.784 bits per heavy atom. The van der Waals surface area contributed by atoms with Gasteiger partial charge in [-0.15, -0.1) is 12.4 Å². The lowest BCUT2D eigenvalue weighted by Gasteiger charge is -2.19. The number of hydrogen-bond acceptors (Lipinski definition) is 18. The number of nitrogens with two attached hydrogens (primary N) is 2. The van der Waals surface area contributed by atoms with Gasteiger partial charge in [-0.25, -0.2) is 44.3 Å². The van der Waals surface area contributed by atoms with E-state index in [0.717, 1.165) is 11.4 Å². The molecular weight excluding hydrogens is 1150 g/mol. The number of nitrogen functional groups attached to an aromatic ring is 1. The molecule has 9 aromatic rings. The van der Waals surface area contributed by atoms with Crippen LogP contribution in [0, 0.1) is 0 Å². The number of aromatic carboxylic acids is 1. The topological polar surface area (TPSA) is 329 Å². The molecule has 9 N–H and O–H groups in total. The van der Waals surface area contributed by atoms with Gasteiger partial charge in [0.25, 0.3) is 11.8 Å². The van der Waals surface area contributed by atoms with E-state index in [2.05, 4.69) is 51.2 Å². The predicted molar refractivity (Wildman–Crippen MR) is 334 cm³/mol. The van der Waals surface area contributed by atoms with Crippen LogP contribution in [-0.2, 0) is 29.1 Å². The third-order valence-electron chi connectivity index (χ3n) is 10.7. The summed E-state index contributed by atoms with van der Waals surface area (Å²) in [7, 11) is 0. The number of amides is 4. The second-order valence-corrected chi connectivity index (χ2v) is 20.2. The molecule has 24 heteroatoms. The van der Waals surface area contributed by atoms with Crippen LogP contribution in [0.15, 0.2) is 201 Å². The van der Waals surface area contributed by atoms with Crippen molar-refractivity contribution in [2.75, 3.05) is 16.4 Å². The molecule has 0 bridgehead atoms. The average molecular weight is 1220 g/mol. The second-order valence-electron chi connectivity index (χ2n) is 20.2. The number of halogens is 1. The first-order chi connectivity index (χ1) is 41.6. The Morgan fingerprint density at radius 1 is 0.443 bits per heavy atom. The minimum Gasteiger partial charge on any atom is -0.478 e. The third kappa shape index (κ3) is 25.4. The average Bonchev–Trinajstić information content (AvgIpc) is 3.16. The Labute approximate surface area is 514 Å². The van der Waals surface area contributed by atoms with E-state index >= 15 is 0 Å². The number of benzene rings is 6. The molecule has 0 fully saturated rings. The maximum atomic E-state index is 12.5. The number of nitrogens with one attached hydrogen (secondary N) is 4. The first-order valence-corrected chi connectivity index (χ1v) is 26.8. The zero-order valence-electron chi connectivity index (χ0n) is 48.9. The molecule has 0 aliphatic heterocycles. The zero-order valence-corrected chi connectivity index (χ0v) is 49.8. The summed E-state index contributed by atoms with van der Waals surface area (Å²) in [6.07, 6.45) is 2.94. The van der Waals surface area contributed by atoms with Gasteiger partial charge in [0.2, 0.25) is 17.6 Å². The number of ether oxygens (including phenoxy) is 5. The summed E-state index contributed by atoms with van der Waals surface area (Å²) in [5.41, 5.74) is 14.8. The van der Waals surface area contributed by atoms with Gasteiger partial charge < -0.3 is 61.5 Å². The number of alkyl carbamates (subject to hydrolysis) is 2. The molecule has 0 saturated carbocycles. The van der Waals surface area contributed by atoms with E-state index in [1.807, 2.05) is 91.0 Å². The quantitative estimate of drug-likeness (QED) is 0.0442. The van der Waals surface area contributed by atoms with Crippen LogP contribution < -0.4 is 46.9 Å². The van der Waals surface area contributed by atoms with Crippen molar-refractivity contribution in [3.8, 4) is 34.9 Å². The van der Waals surface area contributed by atoms with Gasteiger partial charge in [0.1, 0.15) is 47.4 Å². The number of anilines is 3. The minimum atomic E-state index is -1.05. The molecule has 0 atom stereocenters. The molecule has 4 amide bonds. The Hall–Kier alpha value is -11.0. The highest BCUT2D eigenvalue weighted by Gasteiger charge is 2.18. The van der Waals surface area contributed by atoms with E-state index in [-0.39, 0.29) is 54.6 Å². The van der Waals surface area contributed by atoms with Crippen molar-refractivity contribution in [1.29, 1.82) is 0 Å². The summed E-state index contributed by atoms with van der Waals surface area (Å²) in [5, 5.41) is 19.9. The zero-order chi connectivity index (χ0) is 62.6. The minimum absolute atomic E-state index is 0. The van der Waals surface area contributed by atoms with Crippen LogP contribution in [0.4, 0.5) is 26.7 Å². The lowest BCUT2D eigenvalue weighted by Crippen LogP contribution is -2.32. The van der Waals surface area contributed by atoms with Crippen molar-refractivity contribution in [1.82, 2.24) is 40.5 Å². The van der Waals surface area contributed by atoms with Gasteiger partial charge >= 0.3 is 18.2 Å². The number of hydrogen-bond donors (Lipinski definition) is 7. The van der Waals surface area contributed by atoms with Crippen molar-refractivity contribution >= 4 is 59.4 Å². The molecule has 6 aromatic carbocycles. The lowest BCUT2D eigenvalue weighted by atomic mass is 10.2. The van der Waals surface area contributed by atoms with Crippen LogP contribution in [0.2, 0.25) is 0 Å². The van der Waals surface area contributed by atoms with Gasteiger partial charge in [-0.2, -0.15) is 0 Å². The summed E-state index contributed by atoms with van der Waals surface area (Å²) >= 11 is 0. The second kappa shape index (κ2) is 34.1. The van der Waals surface area contributed by atoms with Crippen LogP contribution in [0.1, 0.15) is 89.7 Å². The van der Waals surface area contributed by atoms with Gasteiger partial charge in [-0.3, -0.25) is 9.59 Å². The molecule has 456 valence electrons. The number of carboxylic acid groups (broad SMARTS) is 1. The smallest absolute Gasteiger partial charge is 0.407 e. The largest absolute Gasteiger partial charge is 0.478 e. The highest BCUT2D eigenvalue weighted by atomic mass is 35.5. The molecule has 0 unspecified atom stereocenters. The summed E-state index contributed by atoms with van der Waals surface area (Å²) in [4.78, 5) is 83.5. The van der Waals surface area contributed by atoms with Crippen molar-refractivity contribution < 1.29 is 52.8 Å². The van der Waals surface area contributed by atoms with Crippen molar-refractivity contribution in [3.05, 3.63) is 235 Å². The number of para-hydroxylation sites is 3. The summed E-state index contributed by atoms with van der Waals surface area (Å²) < 4.78 is 27.3. The van der Waals surface area contributed by atoms with Crippen molar-refractivity contribution in [2.24, 2.45) is 5.73 Å². The fraction of sp³-hybridized carbons (Fsp3) is 0.172. The SMILES string of the molecule is CC(C)(C)OC(=O)NCc1cc(Oc2cccc(C(=O)Nc3ccccc3)c2)ncn1.CC(C)(C)OC(=O)NCc1cc(Oc2cccc(C(=O)O)c2)ncn1.Cl.NCc1cc(Oc2cccc(C(=O)Nc3ccccc3)c2)ncn1.Nc1ccccc1. The number of carbonyl (C=O) groups excluding carboxylic acids is 4. The van der Waals surface area contributed by atoms with E-state index in [0.29, 0.717) is 63.6 Å². The van der Waals surface area contributed by atoms with E-state index in [9.17, 15) is 24.0 Å². The standard InChI is InChI=1S/C23H24N4O4.C18H16N4O2.C17H19N3O5.C6H7N.ClH/c1-23(2,3)31-22(29)24-14-18-13-20(26-15-25-18)30-19-11-7-8-16(12-19)21(28)27-17-9-5-4-6-10-17;19-11-15-10-17(21-12-20-15)24-16-8-4-5-13(9-16)18(23)22-14-6-2-1-3-7-14;1-17(2,3)25-16(23)18-9-12-8-14(20-10-19-12)24-13-6-4-5-11(7-13)15(21)22;7-6-4-2-1-3-5-6;/h4-13,15H,14H2,1-3H3,(H,24,29)(H,27,28);1-10,12H,11,19H2,(H,22,23);4-8,10H,9H2,1-3H3,(H,18,23)(H,21,22);1-5H,7H2;1H. The Kier molecular flexibility index (Phi) is 26.2. The highest BCUT2D eigenvalue weighted by molar-refractivity contribution is 6.05. The van der Waals surface area contributed by atoms with Gasteiger partial charge in [0.15, 0.2) is 0 Å². The molecule has 0 spiro atoms. The normalized spacial score (nSPS) is 10.4. The molecule has 0 aliphatic carbocycles. The highest BCUT2D eigenvalue weighted by Crippen LogP contribution is 2.25. The fourth-order valence-corrected chi connectivity index (χ4v) is 6.92. The van der Waals surface area contributed by atoms with Gasteiger partial charge in [0.05, 0.1) is 35.7 Å². The molecule has 0 saturated heterocycles. The summed E-state index contributed by atoms with van der Waals surface area (Å²) in [6, 6.07) is 52.5. The lowest BCUT2D eigenvalue weighted by molar-refractivity contribution is 0.0511. The number of carboxylic acids is 1. The summed E-state index contributed by atoms with van der Waals surface area (Å²) in [5.74, 6) is 0.697. The van der Waals surface area contributed by atoms with Crippen LogP contribution >= 0.6 is 12.4 Å². The molecule has 0 aliphatic rings. The van der Waals surface area contributed by atoms with Gasteiger partial charge in [-0.05, 0) is 133 Å². The third-order valence-corrected chi connectivity index (χ3v) is 10.7. The Balaban J connectivity index is 0.000000228. The van der Waals surface area contributed by atoms with E-state index in [1.54, 1.807) is 120 Å².